The van der Waals surface area contributed by atoms with Crippen LogP contribution in [0.5, 0.6) is 0 Å². The van der Waals surface area contributed by atoms with E-state index >= 15 is 0 Å². The molecule has 0 heterocycles. The first-order chi connectivity index (χ1) is 5.20. The number of carbonyl (C=O) groups is 1. The van der Waals surface area contributed by atoms with Crippen molar-refractivity contribution in [3.8, 4) is 0 Å². The van der Waals surface area contributed by atoms with E-state index in [-0.39, 0.29) is 22.4 Å². The van der Waals surface area contributed by atoms with Crippen molar-refractivity contribution in [2.45, 2.75) is 25.8 Å². The summed E-state index contributed by atoms with van der Waals surface area (Å²) in [6.07, 6.45) is 2.28. The summed E-state index contributed by atoms with van der Waals surface area (Å²) in [5.41, 5.74) is 5.21. The van der Waals surface area contributed by atoms with Crippen molar-refractivity contribution in [3.63, 3.8) is 0 Å². The summed E-state index contributed by atoms with van der Waals surface area (Å²) in [6, 6.07) is -0.627. The molecule has 3 N–H and O–H groups in total. The fourth-order valence-corrected chi connectivity index (χ4v) is 0.631. The molecule has 0 aromatic carbocycles. The van der Waals surface area contributed by atoms with E-state index in [4.69, 9.17) is 5.73 Å². The third kappa shape index (κ3) is 7.70. The van der Waals surface area contributed by atoms with Crippen LogP contribution < -0.4 is 11.1 Å². The monoisotopic (exact) mass is 215 g/mol. The van der Waals surface area contributed by atoms with Gasteiger partial charge in [0.25, 0.3) is 0 Å². The van der Waals surface area contributed by atoms with Crippen LogP contribution in [-0.2, 0) is 26.1 Å². The molecule has 0 saturated carbocycles. The van der Waals surface area contributed by atoms with E-state index < -0.39 is 6.04 Å². The van der Waals surface area contributed by atoms with E-state index in [1.165, 1.54) is 0 Å². The van der Waals surface area contributed by atoms with Crippen LogP contribution in [0.3, 0.4) is 0 Å². The van der Waals surface area contributed by atoms with Gasteiger partial charge >= 0.3 is 0 Å². The van der Waals surface area contributed by atoms with Gasteiger partial charge in [0.2, 0.25) is 5.91 Å². The van der Waals surface area contributed by atoms with Crippen LogP contribution >= 0.6 is 0 Å². The Balaban J connectivity index is 0. The second-order valence-corrected chi connectivity index (χ2v) is 2.22. The number of nitrogens with two attached hydrogens (primary N) is 1. The second-order valence-electron chi connectivity index (χ2n) is 2.22. The summed E-state index contributed by atoms with van der Waals surface area (Å²) in [4.78, 5) is 20.7. The van der Waals surface area contributed by atoms with Crippen LogP contribution in [0.2, 0.25) is 0 Å². The SMILES string of the molecule is CCNC(=O)CC[C@H](N)[C-]=O.[Ni]. The zero-order valence-electron chi connectivity index (χ0n) is 6.91. The Morgan fingerprint density at radius 1 is 1.67 bits per heavy atom. The van der Waals surface area contributed by atoms with Crippen LogP contribution in [-0.4, -0.2) is 24.8 Å². The molecule has 5 heteroatoms. The maximum atomic E-state index is 10.8. The Morgan fingerprint density at radius 3 is 2.67 bits per heavy atom. The van der Waals surface area contributed by atoms with Gasteiger partial charge in [0.1, 0.15) is 0 Å². The van der Waals surface area contributed by atoms with E-state index in [9.17, 15) is 9.59 Å². The zero-order valence-corrected chi connectivity index (χ0v) is 7.90. The molecule has 0 aliphatic rings. The van der Waals surface area contributed by atoms with Crippen LogP contribution in [0.15, 0.2) is 0 Å². The quantitative estimate of drug-likeness (QED) is 0.473. The first-order valence-electron chi connectivity index (χ1n) is 3.60. The summed E-state index contributed by atoms with van der Waals surface area (Å²) in [7, 11) is 0. The Kier molecular flexibility index (Phi) is 10.2. The van der Waals surface area contributed by atoms with Crippen molar-refractivity contribution in [2.24, 2.45) is 5.73 Å². The number of rotatable bonds is 5. The number of hydrogen-bond acceptors (Lipinski definition) is 3. The van der Waals surface area contributed by atoms with Gasteiger partial charge in [0.05, 0.1) is 0 Å². The molecule has 12 heavy (non-hydrogen) atoms. The third-order valence-corrected chi connectivity index (χ3v) is 1.21. The Morgan fingerprint density at radius 2 is 2.25 bits per heavy atom. The molecule has 0 aliphatic carbocycles. The van der Waals surface area contributed by atoms with Gasteiger partial charge in [0.15, 0.2) is 0 Å². The van der Waals surface area contributed by atoms with Gasteiger partial charge in [-0.25, -0.2) is 6.29 Å². The number of hydrogen-bond donors (Lipinski definition) is 2. The van der Waals surface area contributed by atoms with Gasteiger partial charge in [-0.3, -0.25) is 4.79 Å². The van der Waals surface area contributed by atoms with Crippen LogP contribution in [0.1, 0.15) is 19.8 Å². The molecular weight excluding hydrogens is 203 g/mol. The first kappa shape index (κ1) is 14.1. The molecule has 0 fully saturated rings. The van der Waals surface area contributed by atoms with Gasteiger partial charge in [-0.2, -0.15) is 0 Å². The molecule has 1 atom stereocenters. The number of nitrogens with one attached hydrogen (secondary N) is 1. The van der Waals surface area contributed by atoms with Gasteiger partial charge in [0, 0.05) is 29.5 Å². The van der Waals surface area contributed by atoms with Crippen LogP contribution in [0, 0.1) is 0 Å². The molecule has 4 nitrogen and oxygen atoms in total. The van der Waals surface area contributed by atoms with Crippen molar-refractivity contribution in [1.82, 2.24) is 5.32 Å². The van der Waals surface area contributed by atoms with Gasteiger partial charge < -0.3 is 15.8 Å². The smallest absolute Gasteiger partial charge is 0.219 e. The second kappa shape index (κ2) is 8.69. The van der Waals surface area contributed by atoms with Gasteiger partial charge in [-0.15, -0.1) is 0 Å². The summed E-state index contributed by atoms with van der Waals surface area (Å²) in [5, 5.41) is 2.60. The third-order valence-electron chi connectivity index (χ3n) is 1.21. The predicted octanol–water partition coefficient (Wildman–Crippen LogP) is -0.663. The van der Waals surface area contributed by atoms with Crippen molar-refractivity contribution >= 4 is 12.2 Å². The minimum Gasteiger partial charge on any atom is -0.540 e. The molecule has 0 radical (unpaired) electrons. The molecule has 0 aromatic heterocycles. The van der Waals surface area contributed by atoms with E-state index in [1.807, 2.05) is 6.92 Å². The summed E-state index contributed by atoms with van der Waals surface area (Å²) in [6.45, 7) is 2.45. The molecule has 0 aliphatic heterocycles. The molecule has 74 valence electrons. The van der Waals surface area contributed by atoms with Gasteiger partial charge in [-0.1, -0.05) is 12.5 Å². The number of carbonyl (C=O) groups excluding carboxylic acids is 2. The summed E-state index contributed by atoms with van der Waals surface area (Å²) < 4.78 is 0. The summed E-state index contributed by atoms with van der Waals surface area (Å²) in [5.74, 6) is -0.0711. The van der Waals surface area contributed by atoms with Crippen molar-refractivity contribution in [1.29, 1.82) is 0 Å². The minimum atomic E-state index is -0.627. The van der Waals surface area contributed by atoms with E-state index in [0.29, 0.717) is 19.4 Å². The number of amides is 1. The first-order valence-corrected chi connectivity index (χ1v) is 3.60. The molecule has 0 bridgehead atoms. The molecule has 0 saturated heterocycles. The zero-order chi connectivity index (χ0) is 8.69. The fraction of sp³-hybridized carbons (Fsp3) is 0.714. The summed E-state index contributed by atoms with van der Waals surface area (Å²) >= 11 is 0. The topological polar surface area (TPSA) is 72.2 Å². The molecule has 0 unspecified atom stereocenters. The normalized spacial score (nSPS) is 11.2. The minimum absolute atomic E-state index is 0. The largest absolute Gasteiger partial charge is 0.540 e. The maximum Gasteiger partial charge on any atom is 0.219 e. The van der Waals surface area contributed by atoms with E-state index in [2.05, 4.69) is 5.32 Å². The molecule has 0 spiro atoms. The fourth-order valence-electron chi connectivity index (χ4n) is 0.631. The Bertz CT molecular complexity index is 141. The average molecular weight is 216 g/mol. The van der Waals surface area contributed by atoms with E-state index in [0.717, 1.165) is 0 Å². The predicted molar refractivity (Wildman–Crippen MR) is 41.6 cm³/mol. The molecular formula is C7H13N2NiO2-. The average Bonchev–Trinajstić information content (AvgIpc) is 2.01. The maximum absolute atomic E-state index is 10.8. The molecule has 0 rings (SSSR count). The van der Waals surface area contributed by atoms with Crippen LogP contribution in [0.4, 0.5) is 0 Å². The van der Waals surface area contributed by atoms with Crippen molar-refractivity contribution < 1.29 is 26.1 Å². The molecule has 0 aromatic rings. The van der Waals surface area contributed by atoms with E-state index in [1.54, 1.807) is 6.29 Å². The Hall–Kier alpha value is -0.406. The molecule has 1 amide bonds. The Labute approximate surface area is 82.2 Å². The van der Waals surface area contributed by atoms with Crippen molar-refractivity contribution in [3.05, 3.63) is 0 Å². The van der Waals surface area contributed by atoms with Gasteiger partial charge in [-0.05, 0) is 6.92 Å². The van der Waals surface area contributed by atoms with Crippen molar-refractivity contribution in [2.75, 3.05) is 6.54 Å². The van der Waals surface area contributed by atoms with Crippen LogP contribution in [0.25, 0.3) is 0 Å². The standard InChI is InChI=1S/C7H13N2O2.Ni/c1-2-9-7(11)4-3-6(8)5-10;/h6H,2-4,8H2,1H3,(H,9,11);/q-1;/t6-;/m0./s1.